The zero-order valence-electron chi connectivity index (χ0n) is 6.95. The van der Waals surface area contributed by atoms with Gasteiger partial charge in [0.1, 0.15) is 5.76 Å². The van der Waals surface area contributed by atoms with Crippen LogP contribution in [0.5, 0.6) is 0 Å². The predicted molar refractivity (Wildman–Crippen MR) is 43.6 cm³/mol. The topological polar surface area (TPSA) is 25.6 Å². The maximum Gasteiger partial charge on any atom is 0.169 e. The molecule has 1 aromatic heterocycles. The second kappa shape index (κ2) is 3.74. The summed E-state index contributed by atoms with van der Waals surface area (Å²) in [7, 11) is 0. The van der Waals surface area contributed by atoms with Gasteiger partial charge in [0.05, 0.1) is 19.8 Å². The van der Waals surface area contributed by atoms with E-state index < -0.39 is 0 Å². The third-order valence-corrected chi connectivity index (χ3v) is 2.01. The van der Waals surface area contributed by atoms with Gasteiger partial charge in [-0.3, -0.25) is 4.90 Å². The Morgan fingerprint density at radius 2 is 2.25 bits per heavy atom. The number of hydrogen-bond donors (Lipinski definition) is 0. The van der Waals surface area contributed by atoms with Crippen molar-refractivity contribution in [3.05, 3.63) is 24.2 Å². The quantitative estimate of drug-likeness (QED) is 0.653. The highest BCUT2D eigenvalue weighted by atomic mass is 16.5. The van der Waals surface area contributed by atoms with Gasteiger partial charge in [-0.15, -0.1) is 0 Å². The summed E-state index contributed by atoms with van der Waals surface area (Å²) in [6.07, 6.45) is 2.69. The van der Waals surface area contributed by atoms with Crippen LogP contribution >= 0.6 is 0 Å². The van der Waals surface area contributed by atoms with Gasteiger partial charge in [-0.05, 0) is 12.1 Å². The largest absolute Gasteiger partial charge is 0.456 e. The first-order valence-electron chi connectivity index (χ1n) is 4.20. The fourth-order valence-electron chi connectivity index (χ4n) is 1.34. The molecular weight excluding hydrogens is 154 g/mol. The van der Waals surface area contributed by atoms with Gasteiger partial charge in [-0.25, -0.2) is 0 Å². The van der Waals surface area contributed by atoms with Crippen molar-refractivity contribution < 1.29 is 9.15 Å². The molecule has 1 fully saturated rings. The molecule has 1 aromatic rings. The van der Waals surface area contributed by atoms with E-state index in [9.17, 15) is 0 Å². The molecular formula is C9H12NO2. The molecule has 12 heavy (non-hydrogen) atoms. The lowest BCUT2D eigenvalue weighted by Crippen LogP contribution is -2.35. The Labute approximate surface area is 71.9 Å². The lowest BCUT2D eigenvalue weighted by Gasteiger charge is -2.25. The second-order valence-corrected chi connectivity index (χ2v) is 2.91. The lowest BCUT2D eigenvalue weighted by atomic mass is 10.3. The van der Waals surface area contributed by atoms with E-state index in [1.807, 2.05) is 6.07 Å². The molecule has 0 N–H and O–H groups in total. The summed E-state index contributed by atoms with van der Waals surface area (Å²) in [4.78, 5) is 2.32. The van der Waals surface area contributed by atoms with Gasteiger partial charge in [-0.2, -0.15) is 0 Å². The molecule has 1 aliphatic heterocycles. The van der Waals surface area contributed by atoms with Gasteiger partial charge >= 0.3 is 0 Å². The first-order valence-corrected chi connectivity index (χ1v) is 4.20. The number of nitrogens with zero attached hydrogens (tertiary/aromatic N) is 1. The van der Waals surface area contributed by atoms with Crippen LogP contribution in [0.4, 0.5) is 0 Å². The molecule has 0 spiro atoms. The predicted octanol–water partition coefficient (Wildman–Crippen LogP) is 0.912. The third-order valence-electron chi connectivity index (χ3n) is 2.01. The minimum atomic E-state index is 0.838. The molecule has 0 unspecified atom stereocenters. The molecule has 0 aromatic carbocycles. The molecule has 0 saturated carbocycles. The van der Waals surface area contributed by atoms with Crippen LogP contribution in [0.1, 0.15) is 5.76 Å². The average Bonchev–Trinajstić information content (AvgIpc) is 2.59. The van der Waals surface area contributed by atoms with Gasteiger partial charge in [0.15, 0.2) is 6.26 Å². The zero-order chi connectivity index (χ0) is 8.23. The van der Waals surface area contributed by atoms with Crippen molar-refractivity contribution in [2.75, 3.05) is 26.3 Å². The van der Waals surface area contributed by atoms with Crippen molar-refractivity contribution in [1.29, 1.82) is 0 Å². The number of rotatable bonds is 2. The van der Waals surface area contributed by atoms with Crippen molar-refractivity contribution in [2.24, 2.45) is 0 Å². The second-order valence-electron chi connectivity index (χ2n) is 2.91. The summed E-state index contributed by atoms with van der Waals surface area (Å²) in [6.45, 7) is 4.56. The van der Waals surface area contributed by atoms with Crippen LogP contribution in [0.15, 0.2) is 16.5 Å². The normalized spacial score (nSPS) is 19.7. The summed E-state index contributed by atoms with van der Waals surface area (Å²) in [5.74, 6) is 0.983. The van der Waals surface area contributed by atoms with Gasteiger partial charge in [0.25, 0.3) is 0 Å². The summed E-state index contributed by atoms with van der Waals surface area (Å²) in [5, 5.41) is 0. The fraction of sp³-hybridized carbons (Fsp3) is 0.556. The molecule has 3 nitrogen and oxygen atoms in total. The van der Waals surface area contributed by atoms with Gasteiger partial charge in [-0.1, -0.05) is 0 Å². The number of ether oxygens (including phenoxy) is 1. The van der Waals surface area contributed by atoms with Gasteiger partial charge < -0.3 is 9.15 Å². The zero-order valence-corrected chi connectivity index (χ0v) is 6.95. The summed E-state index contributed by atoms with van der Waals surface area (Å²) < 4.78 is 10.4. The van der Waals surface area contributed by atoms with Gasteiger partial charge in [0.2, 0.25) is 0 Å². The molecule has 0 bridgehead atoms. The smallest absolute Gasteiger partial charge is 0.169 e. The first kappa shape index (κ1) is 7.83. The molecule has 1 radical (unpaired) electrons. The maximum atomic E-state index is 5.24. The molecule has 1 saturated heterocycles. The van der Waals surface area contributed by atoms with Crippen LogP contribution in [0.25, 0.3) is 0 Å². The molecule has 65 valence electrons. The Hall–Kier alpha value is -0.800. The summed E-state index contributed by atoms with van der Waals surface area (Å²) >= 11 is 0. The maximum absolute atomic E-state index is 5.24. The molecule has 2 rings (SSSR count). The Balaban J connectivity index is 1.86. The highest BCUT2D eigenvalue weighted by molar-refractivity contribution is 4.97. The van der Waals surface area contributed by atoms with Crippen LogP contribution in [0, 0.1) is 6.26 Å². The van der Waals surface area contributed by atoms with Crippen LogP contribution < -0.4 is 0 Å². The fourth-order valence-corrected chi connectivity index (χ4v) is 1.34. The Bertz CT molecular complexity index is 214. The Morgan fingerprint density at radius 1 is 1.42 bits per heavy atom. The van der Waals surface area contributed by atoms with Gasteiger partial charge in [0, 0.05) is 13.1 Å². The van der Waals surface area contributed by atoms with E-state index in [2.05, 4.69) is 11.2 Å². The first-order chi connectivity index (χ1) is 5.95. The monoisotopic (exact) mass is 166 g/mol. The van der Waals surface area contributed by atoms with E-state index in [4.69, 9.17) is 9.15 Å². The molecule has 3 heteroatoms. The van der Waals surface area contributed by atoms with E-state index in [1.54, 1.807) is 6.07 Å². The van der Waals surface area contributed by atoms with Crippen LogP contribution in [0.3, 0.4) is 0 Å². The summed E-state index contributed by atoms with van der Waals surface area (Å²) in [6, 6.07) is 3.76. The van der Waals surface area contributed by atoms with Crippen LogP contribution in [-0.4, -0.2) is 31.2 Å². The number of morpholine rings is 1. The Morgan fingerprint density at radius 3 is 2.92 bits per heavy atom. The van der Waals surface area contributed by atoms with E-state index in [0.717, 1.165) is 38.6 Å². The minimum absolute atomic E-state index is 0.838. The van der Waals surface area contributed by atoms with E-state index >= 15 is 0 Å². The Kier molecular flexibility index (Phi) is 2.44. The van der Waals surface area contributed by atoms with Crippen molar-refractivity contribution in [3.63, 3.8) is 0 Å². The van der Waals surface area contributed by atoms with Crippen LogP contribution in [-0.2, 0) is 11.3 Å². The molecule has 2 heterocycles. The highest BCUT2D eigenvalue weighted by Crippen LogP contribution is 2.06. The number of hydrogen-bond acceptors (Lipinski definition) is 3. The van der Waals surface area contributed by atoms with E-state index in [1.165, 1.54) is 0 Å². The lowest BCUT2D eigenvalue weighted by molar-refractivity contribution is 0.0313. The average molecular weight is 166 g/mol. The van der Waals surface area contributed by atoms with E-state index in [0.29, 0.717) is 0 Å². The van der Waals surface area contributed by atoms with Crippen molar-refractivity contribution in [1.82, 2.24) is 4.90 Å². The number of furan rings is 1. The SMILES string of the molecule is [c]1ccc(CN2CCOCC2)o1. The molecule has 1 aliphatic rings. The van der Waals surface area contributed by atoms with Crippen molar-refractivity contribution >= 4 is 0 Å². The standard InChI is InChI=1S/C9H12NO2/c1-2-9(12-5-1)8-10-3-6-11-7-4-10/h1-2H,3-4,6-8H2. The summed E-state index contributed by atoms with van der Waals surface area (Å²) in [5.41, 5.74) is 0. The third kappa shape index (κ3) is 1.87. The molecule has 0 amide bonds. The minimum Gasteiger partial charge on any atom is -0.456 e. The van der Waals surface area contributed by atoms with Crippen LogP contribution in [0.2, 0.25) is 0 Å². The van der Waals surface area contributed by atoms with E-state index in [-0.39, 0.29) is 0 Å². The molecule has 0 aliphatic carbocycles. The molecule has 0 atom stereocenters. The van der Waals surface area contributed by atoms with Crippen molar-refractivity contribution in [2.45, 2.75) is 6.54 Å². The van der Waals surface area contributed by atoms with Crippen molar-refractivity contribution in [3.8, 4) is 0 Å². The highest BCUT2D eigenvalue weighted by Gasteiger charge is 2.11.